The van der Waals surface area contributed by atoms with E-state index in [-0.39, 0.29) is 6.10 Å². The fraction of sp³-hybridized carbons (Fsp3) is 1.00. The normalized spacial score (nSPS) is 35.4. The molecular weight excluding hydrogens is 258 g/mol. The molecule has 0 amide bonds. The molecule has 124 valence electrons. The van der Waals surface area contributed by atoms with Crippen molar-refractivity contribution in [3.63, 3.8) is 0 Å². The van der Waals surface area contributed by atoms with Crippen LogP contribution >= 0.6 is 0 Å². The van der Waals surface area contributed by atoms with Crippen LogP contribution < -0.4 is 0 Å². The molecule has 2 heteroatoms. The number of hydrogen-bond acceptors (Lipinski definition) is 2. The first kappa shape index (κ1) is 17.3. The highest BCUT2D eigenvalue weighted by atomic mass is 16.3. The third-order valence-electron chi connectivity index (χ3n) is 6.01. The smallest absolute Gasteiger partial charge is 0.0581 e. The lowest BCUT2D eigenvalue weighted by atomic mass is 9.70. The molecule has 2 rings (SSSR count). The largest absolute Gasteiger partial charge is 0.393 e. The molecule has 3 unspecified atom stereocenters. The third-order valence-corrected chi connectivity index (χ3v) is 6.01. The lowest BCUT2D eigenvalue weighted by Gasteiger charge is -2.40. The molecule has 2 fully saturated rings. The molecule has 1 heterocycles. The van der Waals surface area contributed by atoms with E-state index in [0.29, 0.717) is 16.7 Å². The van der Waals surface area contributed by atoms with Crippen molar-refractivity contribution in [2.75, 3.05) is 19.6 Å². The molecule has 1 N–H and O–H groups in total. The standard InChI is InChI=1S/C19H37NO/c1-18(2,3)16-7-6-11-20(12-9-16)14-15-13-19(4,5)10-8-17(15)21/h15-17,21H,6-14H2,1-5H3. The Morgan fingerprint density at radius 2 is 1.81 bits per heavy atom. The maximum Gasteiger partial charge on any atom is 0.0581 e. The molecule has 21 heavy (non-hydrogen) atoms. The van der Waals surface area contributed by atoms with Crippen LogP contribution in [0.5, 0.6) is 0 Å². The van der Waals surface area contributed by atoms with Gasteiger partial charge in [0.25, 0.3) is 0 Å². The third kappa shape index (κ3) is 4.96. The van der Waals surface area contributed by atoms with Gasteiger partial charge in [-0.3, -0.25) is 0 Å². The van der Waals surface area contributed by atoms with Crippen molar-refractivity contribution in [1.29, 1.82) is 0 Å². The van der Waals surface area contributed by atoms with E-state index in [1.165, 1.54) is 45.2 Å². The van der Waals surface area contributed by atoms with Crippen LogP contribution in [0.2, 0.25) is 0 Å². The van der Waals surface area contributed by atoms with E-state index in [0.717, 1.165) is 18.9 Å². The van der Waals surface area contributed by atoms with Crippen LogP contribution in [0.25, 0.3) is 0 Å². The monoisotopic (exact) mass is 295 g/mol. The zero-order valence-electron chi connectivity index (χ0n) is 15.0. The molecule has 3 atom stereocenters. The zero-order chi connectivity index (χ0) is 15.7. The second-order valence-electron chi connectivity index (χ2n) is 9.53. The summed E-state index contributed by atoms with van der Waals surface area (Å²) in [5.41, 5.74) is 0.867. The van der Waals surface area contributed by atoms with E-state index < -0.39 is 0 Å². The van der Waals surface area contributed by atoms with Crippen LogP contribution in [-0.4, -0.2) is 35.7 Å². The summed E-state index contributed by atoms with van der Waals surface area (Å²) < 4.78 is 0. The van der Waals surface area contributed by atoms with Gasteiger partial charge in [0, 0.05) is 6.54 Å². The van der Waals surface area contributed by atoms with E-state index in [4.69, 9.17) is 0 Å². The van der Waals surface area contributed by atoms with Crippen molar-refractivity contribution in [1.82, 2.24) is 4.90 Å². The van der Waals surface area contributed by atoms with E-state index in [1.807, 2.05) is 0 Å². The van der Waals surface area contributed by atoms with E-state index in [2.05, 4.69) is 39.5 Å². The minimum absolute atomic E-state index is 0.0697. The van der Waals surface area contributed by atoms with Gasteiger partial charge in [0.2, 0.25) is 0 Å². The minimum Gasteiger partial charge on any atom is -0.393 e. The van der Waals surface area contributed by atoms with Crippen molar-refractivity contribution in [2.45, 2.75) is 79.2 Å². The molecular formula is C19H37NO. The van der Waals surface area contributed by atoms with Crippen LogP contribution in [0.3, 0.4) is 0 Å². The van der Waals surface area contributed by atoms with Gasteiger partial charge in [-0.15, -0.1) is 0 Å². The predicted molar refractivity (Wildman–Crippen MR) is 90.4 cm³/mol. The van der Waals surface area contributed by atoms with E-state index in [1.54, 1.807) is 0 Å². The summed E-state index contributed by atoms with van der Waals surface area (Å²) >= 11 is 0. The Bertz CT molecular complexity index is 331. The zero-order valence-corrected chi connectivity index (χ0v) is 15.0. The summed E-state index contributed by atoms with van der Waals surface area (Å²) in [6.07, 6.45) is 7.32. The van der Waals surface area contributed by atoms with Gasteiger partial charge < -0.3 is 10.0 Å². The van der Waals surface area contributed by atoms with Crippen molar-refractivity contribution in [2.24, 2.45) is 22.7 Å². The van der Waals surface area contributed by atoms with Gasteiger partial charge in [-0.1, -0.05) is 34.6 Å². The Labute approximate surface area is 132 Å². The molecule has 1 saturated carbocycles. The van der Waals surface area contributed by atoms with Gasteiger partial charge in [0.05, 0.1) is 6.10 Å². The van der Waals surface area contributed by atoms with Gasteiger partial charge in [-0.25, -0.2) is 0 Å². The topological polar surface area (TPSA) is 23.5 Å². The van der Waals surface area contributed by atoms with Gasteiger partial charge in [0.1, 0.15) is 0 Å². The lowest BCUT2D eigenvalue weighted by Crippen LogP contribution is -2.41. The number of aliphatic hydroxyl groups is 1. The second-order valence-corrected chi connectivity index (χ2v) is 9.53. The Balaban J connectivity index is 1.88. The van der Waals surface area contributed by atoms with Crippen molar-refractivity contribution in [3.05, 3.63) is 0 Å². The van der Waals surface area contributed by atoms with Crippen LogP contribution in [0.4, 0.5) is 0 Å². The van der Waals surface area contributed by atoms with Gasteiger partial charge >= 0.3 is 0 Å². The van der Waals surface area contributed by atoms with Gasteiger partial charge in [-0.05, 0) is 74.3 Å². The quantitative estimate of drug-likeness (QED) is 0.820. The van der Waals surface area contributed by atoms with Crippen LogP contribution in [-0.2, 0) is 0 Å². The average Bonchev–Trinajstić information content (AvgIpc) is 2.59. The molecule has 0 aromatic rings. The van der Waals surface area contributed by atoms with Crippen molar-refractivity contribution < 1.29 is 5.11 Å². The average molecular weight is 296 g/mol. The summed E-state index contributed by atoms with van der Waals surface area (Å²) in [4.78, 5) is 2.64. The summed E-state index contributed by atoms with van der Waals surface area (Å²) in [7, 11) is 0. The molecule has 2 aliphatic rings. The number of likely N-dealkylation sites (tertiary alicyclic amines) is 1. The Morgan fingerprint density at radius 1 is 1.10 bits per heavy atom. The first-order valence-corrected chi connectivity index (χ1v) is 9.08. The highest BCUT2D eigenvalue weighted by molar-refractivity contribution is 4.87. The van der Waals surface area contributed by atoms with Crippen LogP contribution in [0, 0.1) is 22.7 Å². The molecule has 2 nitrogen and oxygen atoms in total. The number of hydrogen-bond donors (Lipinski definition) is 1. The SMILES string of the molecule is CC1(C)CCC(O)C(CN2CCCC(C(C)(C)C)CC2)C1. The molecule has 0 aromatic carbocycles. The van der Waals surface area contributed by atoms with Crippen molar-refractivity contribution >= 4 is 0 Å². The fourth-order valence-electron chi connectivity index (χ4n) is 4.44. The molecule has 1 aliphatic heterocycles. The summed E-state index contributed by atoms with van der Waals surface area (Å²) in [6.45, 7) is 15.5. The fourth-order valence-corrected chi connectivity index (χ4v) is 4.44. The molecule has 0 radical (unpaired) electrons. The minimum atomic E-state index is -0.0697. The molecule has 1 aliphatic carbocycles. The Kier molecular flexibility index (Phi) is 5.41. The summed E-state index contributed by atoms with van der Waals surface area (Å²) in [5.74, 6) is 1.34. The Morgan fingerprint density at radius 3 is 2.48 bits per heavy atom. The molecule has 0 bridgehead atoms. The lowest BCUT2D eigenvalue weighted by molar-refractivity contribution is 0.00434. The highest BCUT2D eigenvalue weighted by Crippen LogP contribution is 2.40. The second kappa shape index (κ2) is 6.58. The predicted octanol–water partition coefficient (Wildman–Crippen LogP) is 4.32. The first-order valence-electron chi connectivity index (χ1n) is 9.08. The van der Waals surface area contributed by atoms with Gasteiger partial charge in [0.15, 0.2) is 0 Å². The summed E-state index contributed by atoms with van der Waals surface area (Å²) in [6, 6.07) is 0. The Hall–Kier alpha value is -0.0800. The van der Waals surface area contributed by atoms with Gasteiger partial charge in [-0.2, -0.15) is 0 Å². The first-order chi connectivity index (χ1) is 9.67. The van der Waals surface area contributed by atoms with Crippen LogP contribution in [0.15, 0.2) is 0 Å². The molecule has 0 aromatic heterocycles. The maximum atomic E-state index is 10.4. The maximum absolute atomic E-state index is 10.4. The van der Waals surface area contributed by atoms with Crippen molar-refractivity contribution in [3.8, 4) is 0 Å². The van der Waals surface area contributed by atoms with Crippen LogP contribution in [0.1, 0.15) is 73.1 Å². The number of nitrogens with zero attached hydrogens (tertiary/aromatic N) is 1. The number of aliphatic hydroxyl groups excluding tert-OH is 1. The van der Waals surface area contributed by atoms with E-state index >= 15 is 0 Å². The summed E-state index contributed by atoms with van der Waals surface area (Å²) in [5, 5.41) is 10.4. The molecule has 0 spiro atoms. The molecule has 1 saturated heterocycles. The van der Waals surface area contributed by atoms with E-state index in [9.17, 15) is 5.11 Å². The highest BCUT2D eigenvalue weighted by Gasteiger charge is 2.35. The number of rotatable bonds is 2.